The molecule has 0 unspecified atom stereocenters. The van der Waals surface area contributed by atoms with Gasteiger partial charge in [0.15, 0.2) is 0 Å². The molecule has 2 aromatic rings. The summed E-state index contributed by atoms with van der Waals surface area (Å²) in [4.78, 5) is 24.5. The number of hydrogen-bond acceptors (Lipinski definition) is 3. The van der Waals surface area contributed by atoms with Gasteiger partial charge in [-0.05, 0) is 35.6 Å². The van der Waals surface area contributed by atoms with Gasteiger partial charge in [0.2, 0.25) is 11.8 Å². The average molecular weight is 366 g/mol. The number of carbonyl (C=O) groups excluding carboxylic acids is 2. The highest BCUT2D eigenvalue weighted by atomic mass is 16.5. The summed E-state index contributed by atoms with van der Waals surface area (Å²) in [6.07, 6.45) is 1.11. The summed E-state index contributed by atoms with van der Waals surface area (Å²) < 4.78 is 5.78. The third-order valence-electron chi connectivity index (χ3n) is 4.58. The molecule has 0 spiro atoms. The Bertz CT molecular complexity index is 772. The smallest absolute Gasteiger partial charge is 0.243 e. The van der Waals surface area contributed by atoms with E-state index in [0.29, 0.717) is 25.4 Å². The lowest BCUT2D eigenvalue weighted by atomic mass is 9.97. The molecule has 0 aromatic heterocycles. The van der Waals surface area contributed by atoms with Gasteiger partial charge in [0.1, 0.15) is 24.4 Å². The van der Waals surface area contributed by atoms with Crippen molar-refractivity contribution in [2.45, 2.75) is 45.4 Å². The van der Waals surface area contributed by atoms with Crippen molar-refractivity contribution in [3.05, 3.63) is 65.7 Å². The summed E-state index contributed by atoms with van der Waals surface area (Å²) in [5, 5.41) is 5.69. The van der Waals surface area contributed by atoms with E-state index in [1.54, 1.807) is 0 Å². The molecular formula is C22H26N2O3. The summed E-state index contributed by atoms with van der Waals surface area (Å²) >= 11 is 0. The maximum atomic E-state index is 12.3. The van der Waals surface area contributed by atoms with Gasteiger partial charge >= 0.3 is 0 Å². The predicted octanol–water partition coefficient (Wildman–Crippen LogP) is 2.84. The Morgan fingerprint density at radius 2 is 1.48 bits per heavy atom. The van der Waals surface area contributed by atoms with Gasteiger partial charge in [-0.3, -0.25) is 9.59 Å². The van der Waals surface area contributed by atoms with E-state index < -0.39 is 12.1 Å². The lowest BCUT2D eigenvalue weighted by Gasteiger charge is -2.30. The van der Waals surface area contributed by atoms with Gasteiger partial charge in [0.25, 0.3) is 0 Å². The molecule has 2 atom stereocenters. The first-order valence-electron chi connectivity index (χ1n) is 9.37. The van der Waals surface area contributed by atoms with Crippen molar-refractivity contribution in [2.75, 3.05) is 0 Å². The molecule has 1 saturated heterocycles. The Balaban J connectivity index is 1.53. The number of rotatable bonds is 7. The van der Waals surface area contributed by atoms with E-state index in [2.05, 4.69) is 10.6 Å². The van der Waals surface area contributed by atoms with Gasteiger partial charge < -0.3 is 15.4 Å². The van der Waals surface area contributed by atoms with Gasteiger partial charge in [-0.2, -0.15) is 0 Å². The SMILES string of the molecule is CC(C)C[C@H]1NC(=O)[C@@H](Cc2ccc(OCc3ccccc3)cc2)NC1=O. The minimum absolute atomic E-state index is 0.101. The zero-order chi connectivity index (χ0) is 19.2. The number of nitrogens with one attached hydrogen (secondary N) is 2. The van der Waals surface area contributed by atoms with Crippen LogP contribution in [0, 0.1) is 5.92 Å². The van der Waals surface area contributed by atoms with Crippen LogP contribution < -0.4 is 15.4 Å². The average Bonchev–Trinajstić information content (AvgIpc) is 2.65. The zero-order valence-electron chi connectivity index (χ0n) is 15.8. The molecule has 5 nitrogen and oxygen atoms in total. The first-order chi connectivity index (χ1) is 13.0. The Hall–Kier alpha value is -2.82. The van der Waals surface area contributed by atoms with Gasteiger partial charge in [0.05, 0.1) is 0 Å². The van der Waals surface area contributed by atoms with Crippen LogP contribution in [-0.2, 0) is 22.6 Å². The van der Waals surface area contributed by atoms with E-state index in [-0.39, 0.29) is 11.8 Å². The quantitative estimate of drug-likeness (QED) is 0.792. The van der Waals surface area contributed by atoms with E-state index >= 15 is 0 Å². The number of amides is 2. The van der Waals surface area contributed by atoms with Crippen molar-refractivity contribution in [1.82, 2.24) is 10.6 Å². The lowest BCUT2D eigenvalue weighted by molar-refractivity contribution is -0.137. The number of carbonyl (C=O) groups is 2. The number of benzene rings is 2. The van der Waals surface area contributed by atoms with E-state index in [0.717, 1.165) is 16.9 Å². The molecule has 5 heteroatoms. The Kier molecular flexibility index (Phi) is 6.12. The van der Waals surface area contributed by atoms with E-state index in [9.17, 15) is 9.59 Å². The number of hydrogen-bond donors (Lipinski definition) is 2. The number of piperazine rings is 1. The Morgan fingerprint density at radius 1 is 0.852 bits per heavy atom. The van der Waals surface area contributed by atoms with Gasteiger partial charge in [-0.15, -0.1) is 0 Å². The first-order valence-corrected chi connectivity index (χ1v) is 9.37. The topological polar surface area (TPSA) is 67.4 Å². The second-order valence-corrected chi connectivity index (χ2v) is 7.37. The first kappa shape index (κ1) is 19.0. The second-order valence-electron chi connectivity index (χ2n) is 7.37. The van der Waals surface area contributed by atoms with Crippen LogP contribution in [0.5, 0.6) is 5.75 Å². The van der Waals surface area contributed by atoms with Crippen molar-refractivity contribution in [2.24, 2.45) is 5.92 Å². The standard InChI is InChI=1S/C22H26N2O3/c1-15(2)12-19-21(25)24-20(22(26)23-19)13-16-8-10-18(11-9-16)27-14-17-6-4-3-5-7-17/h3-11,15,19-20H,12-14H2,1-2H3,(H,23,26)(H,24,25)/t19-,20-/m1/s1. The van der Waals surface area contributed by atoms with E-state index in [4.69, 9.17) is 4.74 Å². The number of ether oxygens (including phenoxy) is 1. The normalized spacial score (nSPS) is 19.5. The fraction of sp³-hybridized carbons (Fsp3) is 0.364. The summed E-state index contributed by atoms with van der Waals surface area (Å²) in [5.74, 6) is 0.901. The molecule has 3 rings (SSSR count). The fourth-order valence-corrected chi connectivity index (χ4v) is 3.16. The molecule has 0 saturated carbocycles. The molecule has 2 amide bonds. The summed E-state index contributed by atoms with van der Waals surface area (Å²) in [7, 11) is 0. The van der Waals surface area contributed by atoms with Crippen molar-refractivity contribution < 1.29 is 14.3 Å². The molecule has 2 N–H and O–H groups in total. The van der Waals surface area contributed by atoms with E-state index in [1.165, 1.54) is 0 Å². The molecule has 1 fully saturated rings. The fourth-order valence-electron chi connectivity index (χ4n) is 3.16. The van der Waals surface area contributed by atoms with Crippen LogP contribution in [-0.4, -0.2) is 23.9 Å². The molecule has 27 heavy (non-hydrogen) atoms. The Morgan fingerprint density at radius 3 is 2.15 bits per heavy atom. The summed E-state index contributed by atoms with van der Waals surface area (Å²) in [5.41, 5.74) is 2.09. The van der Waals surface area contributed by atoms with E-state index in [1.807, 2.05) is 68.4 Å². The Labute approximate surface area is 160 Å². The highest BCUT2D eigenvalue weighted by molar-refractivity contribution is 5.97. The van der Waals surface area contributed by atoms with Crippen LogP contribution in [0.1, 0.15) is 31.4 Å². The van der Waals surface area contributed by atoms with Crippen LogP contribution in [0.2, 0.25) is 0 Å². The molecule has 1 aliphatic heterocycles. The highest BCUT2D eigenvalue weighted by Gasteiger charge is 2.33. The summed E-state index contributed by atoms with van der Waals surface area (Å²) in [6.45, 7) is 4.58. The predicted molar refractivity (Wildman–Crippen MR) is 104 cm³/mol. The molecule has 0 aliphatic carbocycles. The minimum Gasteiger partial charge on any atom is -0.489 e. The van der Waals surface area contributed by atoms with Gasteiger partial charge in [-0.1, -0.05) is 56.3 Å². The van der Waals surface area contributed by atoms with Crippen LogP contribution in [0.15, 0.2) is 54.6 Å². The molecule has 0 radical (unpaired) electrons. The maximum Gasteiger partial charge on any atom is 0.243 e. The van der Waals surface area contributed by atoms with Gasteiger partial charge in [0, 0.05) is 6.42 Å². The minimum atomic E-state index is -0.531. The third-order valence-corrected chi connectivity index (χ3v) is 4.58. The zero-order valence-corrected chi connectivity index (χ0v) is 15.8. The third kappa shape index (κ3) is 5.33. The lowest BCUT2D eigenvalue weighted by Crippen LogP contribution is -2.62. The van der Waals surface area contributed by atoms with Crippen LogP contribution in [0.4, 0.5) is 0 Å². The van der Waals surface area contributed by atoms with Crippen molar-refractivity contribution in [3.8, 4) is 5.75 Å². The molecule has 142 valence electrons. The van der Waals surface area contributed by atoms with Crippen molar-refractivity contribution in [3.63, 3.8) is 0 Å². The van der Waals surface area contributed by atoms with Crippen molar-refractivity contribution in [1.29, 1.82) is 0 Å². The van der Waals surface area contributed by atoms with Crippen LogP contribution in [0.25, 0.3) is 0 Å². The monoisotopic (exact) mass is 366 g/mol. The molecular weight excluding hydrogens is 340 g/mol. The van der Waals surface area contributed by atoms with Crippen LogP contribution >= 0.6 is 0 Å². The highest BCUT2D eigenvalue weighted by Crippen LogP contribution is 2.17. The van der Waals surface area contributed by atoms with Crippen LogP contribution in [0.3, 0.4) is 0 Å². The van der Waals surface area contributed by atoms with Gasteiger partial charge in [-0.25, -0.2) is 0 Å². The largest absolute Gasteiger partial charge is 0.489 e. The molecule has 0 bridgehead atoms. The summed E-state index contributed by atoms with van der Waals surface area (Å²) in [6, 6.07) is 16.7. The van der Waals surface area contributed by atoms with Crippen molar-refractivity contribution >= 4 is 11.8 Å². The second kappa shape index (κ2) is 8.71. The molecule has 1 heterocycles. The molecule has 2 aromatic carbocycles. The maximum absolute atomic E-state index is 12.3. The molecule has 1 aliphatic rings.